The van der Waals surface area contributed by atoms with Crippen LogP contribution in [-0.2, 0) is 21.5 Å². The van der Waals surface area contributed by atoms with E-state index in [2.05, 4.69) is 16.7 Å². The van der Waals surface area contributed by atoms with Crippen molar-refractivity contribution in [2.75, 3.05) is 16.6 Å². The predicted octanol–water partition coefficient (Wildman–Crippen LogP) is 5.02. The molecule has 0 saturated carbocycles. The number of ether oxygens (including phenoxy) is 1. The van der Waals surface area contributed by atoms with Crippen molar-refractivity contribution < 1.29 is 19.2 Å². The van der Waals surface area contributed by atoms with Gasteiger partial charge in [-0.1, -0.05) is 43.3 Å². The Labute approximate surface area is 209 Å². The number of hydrogen-bond donors (Lipinski definition) is 0. The van der Waals surface area contributed by atoms with Gasteiger partial charge in [0.1, 0.15) is 11.7 Å². The van der Waals surface area contributed by atoms with Crippen molar-refractivity contribution in [1.82, 2.24) is 4.57 Å². The van der Waals surface area contributed by atoms with Gasteiger partial charge in [0.15, 0.2) is 6.10 Å². The number of amides is 2. The minimum atomic E-state index is -0.905. The highest BCUT2D eigenvalue weighted by molar-refractivity contribution is 6.24. The third-order valence-corrected chi connectivity index (χ3v) is 6.94. The van der Waals surface area contributed by atoms with Gasteiger partial charge < -0.3 is 9.30 Å². The zero-order valence-electron chi connectivity index (χ0n) is 20.2. The minimum absolute atomic E-state index is 0.261. The lowest BCUT2D eigenvalue weighted by Gasteiger charge is -2.28. The molecule has 0 N–H and O–H groups in total. The number of carbonyl (C=O) groups excluding carboxylic acids is 2. The highest BCUT2D eigenvalue weighted by Crippen LogP contribution is 2.49. The summed E-state index contributed by atoms with van der Waals surface area (Å²) in [4.78, 5) is 35.1. The predicted molar refractivity (Wildman–Crippen MR) is 138 cm³/mol. The van der Waals surface area contributed by atoms with Gasteiger partial charge in [0, 0.05) is 29.7 Å². The first kappa shape index (κ1) is 22.4. The molecule has 182 valence electrons. The summed E-state index contributed by atoms with van der Waals surface area (Å²) in [5.74, 6) is -0.584. The molecular weight excluding hydrogens is 454 g/mol. The number of imide groups is 1. The van der Waals surface area contributed by atoms with Crippen LogP contribution in [0, 0.1) is 5.92 Å². The fourth-order valence-corrected chi connectivity index (χ4v) is 5.30. The maximum atomic E-state index is 13.9. The van der Waals surface area contributed by atoms with Gasteiger partial charge in [0.05, 0.1) is 24.0 Å². The third-order valence-electron chi connectivity index (χ3n) is 6.94. The van der Waals surface area contributed by atoms with Crippen LogP contribution >= 0.6 is 0 Å². The van der Waals surface area contributed by atoms with Crippen LogP contribution < -0.4 is 14.7 Å². The number of rotatable bonds is 6. The first-order valence-corrected chi connectivity index (χ1v) is 12.2. The number of hydroxylamine groups is 1. The molecular formula is C29H27N3O4. The summed E-state index contributed by atoms with van der Waals surface area (Å²) >= 11 is 0. The zero-order chi connectivity index (χ0) is 24.8. The van der Waals surface area contributed by atoms with E-state index in [-0.39, 0.29) is 11.8 Å². The molecule has 2 amide bonds. The second-order valence-corrected chi connectivity index (χ2v) is 9.22. The van der Waals surface area contributed by atoms with Gasteiger partial charge in [-0.15, -0.1) is 0 Å². The van der Waals surface area contributed by atoms with Gasteiger partial charge in [0.25, 0.3) is 5.91 Å². The number of para-hydroxylation sites is 2. The van der Waals surface area contributed by atoms with E-state index >= 15 is 0 Å². The average Bonchev–Trinajstić information content (AvgIpc) is 3.54. The molecule has 7 heteroatoms. The van der Waals surface area contributed by atoms with E-state index in [9.17, 15) is 9.59 Å². The number of aromatic nitrogens is 1. The Kier molecular flexibility index (Phi) is 5.49. The van der Waals surface area contributed by atoms with Crippen LogP contribution in [0.25, 0.3) is 10.9 Å². The van der Waals surface area contributed by atoms with Crippen LogP contribution in [0.1, 0.15) is 24.9 Å². The summed E-state index contributed by atoms with van der Waals surface area (Å²) in [5, 5.41) is 2.78. The standard InChI is InChI=1S/C29H27N3O4/c1-3-17-35-21-15-13-19(14-16-21)31-28(33)25-26(23-18-30(2)24-12-8-7-11-22(23)24)32(36-27(25)29(31)34)20-9-5-4-6-10-20/h4-16,18,25-27H,3,17H2,1-2H3/t25-,26-,27-/m0/s1. The van der Waals surface area contributed by atoms with Gasteiger partial charge in [-0.3, -0.25) is 14.4 Å². The van der Waals surface area contributed by atoms with Crippen LogP contribution in [0.15, 0.2) is 85.1 Å². The lowest BCUT2D eigenvalue weighted by atomic mass is 9.90. The molecule has 2 aliphatic rings. The van der Waals surface area contributed by atoms with E-state index in [0.717, 1.165) is 28.6 Å². The Morgan fingerprint density at radius 1 is 0.861 bits per heavy atom. The fraction of sp³-hybridized carbons (Fsp3) is 0.241. The Balaban J connectivity index is 1.42. The Morgan fingerprint density at radius 2 is 1.58 bits per heavy atom. The van der Waals surface area contributed by atoms with Gasteiger partial charge in [0.2, 0.25) is 5.91 Å². The molecule has 6 rings (SSSR count). The van der Waals surface area contributed by atoms with Crippen LogP contribution in [0.5, 0.6) is 5.75 Å². The normalized spacial score (nSPS) is 21.4. The molecule has 7 nitrogen and oxygen atoms in total. The van der Waals surface area contributed by atoms with Gasteiger partial charge in [-0.2, -0.15) is 0 Å². The fourth-order valence-electron chi connectivity index (χ4n) is 5.30. The number of nitrogens with zero attached hydrogens (tertiary/aromatic N) is 3. The number of carbonyl (C=O) groups is 2. The minimum Gasteiger partial charge on any atom is -0.494 e. The van der Waals surface area contributed by atoms with Crippen molar-refractivity contribution in [2.45, 2.75) is 25.5 Å². The number of benzene rings is 3. The van der Waals surface area contributed by atoms with Crippen LogP contribution in [0.2, 0.25) is 0 Å². The van der Waals surface area contributed by atoms with E-state index in [0.29, 0.717) is 18.0 Å². The van der Waals surface area contributed by atoms with Gasteiger partial charge in [-0.05, 0) is 48.9 Å². The molecule has 0 spiro atoms. The lowest BCUT2D eigenvalue weighted by Crippen LogP contribution is -2.37. The first-order chi connectivity index (χ1) is 17.6. The Bertz CT molecular complexity index is 1430. The SMILES string of the molecule is CCCOc1ccc(N2C(=O)[C@@H]3[C@H](ON(c4ccccc4)[C@H]3c3cn(C)c4ccccc34)C2=O)cc1. The van der Waals surface area contributed by atoms with Gasteiger partial charge >= 0.3 is 0 Å². The third kappa shape index (κ3) is 3.46. The van der Waals surface area contributed by atoms with Crippen molar-refractivity contribution >= 4 is 34.1 Å². The van der Waals surface area contributed by atoms with Crippen molar-refractivity contribution in [3.63, 3.8) is 0 Å². The molecule has 2 saturated heterocycles. The van der Waals surface area contributed by atoms with E-state index in [1.54, 1.807) is 29.3 Å². The molecule has 36 heavy (non-hydrogen) atoms. The number of aryl methyl sites for hydroxylation is 1. The molecule has 3 atom stereocenters. The largest absolute Gasteiger partial charge is 0.494 e. The molecule has 1 aromatic heterocycles. The quantitative estimate of drug-likeness (QED) is 0.362. The molecule has 2 fully saturated rings. The monoisotopic (exact) mass is 481 g/mol. The zero-order valence-corrected chi connectivity index (χ0v) is 20.2. The van der Waals surface area contributed by atoms with Crippen molar-refractivity contribution in [3.05, 3.63) is 90.6 Å². The van der Waals surface area contributed by atoms with Crippen LogP contribution in [-0.4, -0.2) is 29.1 Å². The van der Waals surface area contributed by atoms with E-state index in [1.807, 2.05) is 62.6 Å². The van der Waals surface area contributed by atoms with Crippen LogP contribution in [0.4, 0.5) is 11.4 Å². The Hall–Kier alpha value is -4.10. The molecule has 0 bridgehead atoms. The number of hydrogen-bond acceptors (Lipinski definition) is 5. The second-order valence-electron chi connectivity index (χ2n) is 9.22. The Morgan fingerprint density at radius 3 is 2.33 bits per heavy atom. The van der Waals surface area contributed by atoms with Crippen LogP contribution in [0.3, 0.4) is 0 Å². The molecule has 3 heterocycles. The smallest absolute Gasteiger partial charge is 0.266 e. The van der Waals surface area contributed by atoms with E-state index < -0.39 is 18.1 Å². The summed E-state index contributed by atoms with van der Waals surface area (Å²) in [7, 11) is 1.99. The number of fused-ring (bicyclic) bond motifs is 2. The summed E-state index contributed by atoms with van der Waals surface area (Å²) < 4.78 is 7.71. The maximum Gasteiger partial charge on any atom is 0.266 e. The second kappa shape index (κ2) is 8.84. The summed E-state index contributed by atoms with van der Waals surface area (Å²) in [5.41, 5.74) is 3.33. The topological polar surface area (TPSA) is 64.0 Å². The van der Waals surface area contributed by atoms with E-state index in [4.69, 9.17) is 9.57 Å². The molecule has 0 unspecified atom stereocenters. The molecule has 4 aromatic rings. The molecule has 0 radical (unpaired) electrons. The summed E-state index contributed by atoms with van der Waals surface area (Å²) in [6.07, 6.45) is 2.04. The summed E-state index contributed by atoms with van der Waals surface area (Å²) in [6, 6.07) is 24.3. The lowest BCUT2D eigenvalue weighted by molar-refractivity contribution is -0.126. The highest BCUT2D eigenvalue weighted by Gasteiger charge is 2.60. The maximum absolute atomic E-state index is 13.9. The van der Waals surface area contributed by atoms with Crippen molar-refractivity contribution in [1.29, 1.82) is 0 Å². The van der Waals surface area contributed by atoms with Gasteiger partial charge in [-0.25, -0.2) is 9.96 Å². The molecule has 2 aliphatic heterocycles. The molecule has 3 aromatic carbocycles. The first-order valence-electron chi connectivity index (χ1n) is 12.2. The van der Waals surface area contributed by atoms with Crippen molar-refractivity contribution in [2.24, 2.45) is 13.0 Å². The van der Waals surface area contributed by atoms with Crippen molar-refractivity contribution in [3.8, 4) is 5.75 Å². The highest BCUT2D eigenvalue weighted by atomic mass is 16.7. The molecule has 0 aliphatic carbocycles. The average molecular weight is 482 g/mol. The summed E-state index contributed by atoms with van der Waals surface area (Å²) in [6.45, 7) is 2.65. The van der Waals surface area contributed by atoms with E-state index in [1.165, 1.54) is 4.90 Å². The number of anilines is 2.